The average Bonchev–Trinajstić information content (AvgIpc) is 2.39. The van der Waals surface area contributed by atoms with Crippen molar-refractivity contribution in [2.24, 2.45) is 0 Å². The molecule has 0 N–H and O–H groups in total. The molecule has 1 aromatic carbocycles. The van der Waals surface area contributed by atoms with Gasteiger partial charge in [-0.2, -0.15) is 5.26 Å². The van der Waals surface area contributed by atoms with E-state index in [1.165, 1.54) is 12.1 Å². The Morgan fingerprint density at radius 2 is 2.00 bits per heavy atom. The van der Waals surface area contributed by atoms with Gasteiger partial charge in [-0.25, -0.2) is 18.2 Å². The van der Waals surface area contributed by atoms with E-state index in [9.17, 15) is 13.2 Å². The van der Waals surface area contributed by atoms with E-state index in [1.54, 1.807) is 6.07 Å². The molecule has 0 saturated heterocycles. The number of nitrogens with zero attached hydrogens (tertiary/aromatic N) is 2. The first-order chi connectivity index (χ1) is 9.10. The fourth-order valence-corrected chi connectivity index (χ4v) is 1.34. The van der Waals surface area contributed by atoms with Gasteiger partial charge in [-0.05, 0) is 12.1 Å². The molecule has 1 radical (unpaired) electrons. The van der Waals surface area contributed by atoms with Crippen LogP contribution in [0, 0.1) is 35.0 Å². The van der Waals surface area contributed by atoms with E-state index < -0.39 is 23.3 Å². The van der Waals surface area contributed by atoms with Crippen LogP contribution in [0.1, 0.15) is 11.1 Å². The van der Waals surface area contributed by atoms with Gasteiger partial charge in [-0.15, -0.1) is 0 Å². The molecule has 0 aliphatic carbocycles. The van der Waals surface area contributed by atoms with Gasteiger partial charge < -0.3 is 4.74 Å². The molecule has 3 nitrogen and oxygen atoms in total. The summed E-state index contributed by atoms with van der Waals surface area (Å²) in [5, 5.41) is 8.58. The van der Waals surface area contributed by atoms with Crippen LogP contribution in [0.25, 0.3) is 0 Å². The molecular formula is C13H6F3N2O. The van der Waals surface area contributed by atoms with E-state index in [2.05, 4.69) is 4.98 Å². The monoisotopic (exact) mass is 263 g/mol. The van der Waals surface area contributed by atoms with Crippen molar-refractivity contribution < 1.29 is 17.9 Å². The Morgan fingerprint density at radius 3 is 2.63 bits per heavy atom. The number of nitriles is 1. The first-order valence-corrected chi connectivity index (χ1v) is 5.15. The lowest BCUT2D eigenvalue weighted by molar-refractivity contribution is 0.270. The Bertz CT molecular complexity index is 653. The Hall–Kier alpha value is -2.55. The molecule has 0 saturated carbocycles. The molecule has 0 amide bonds. The molecule has 0 bridgehead atoms. The SMILES string of the molecule is N#Cc1ccc(COc2n[c]c(F)cc2F)c(F)c1. The number of benzene rings is 1. The van der Waals surface area contributed by atoms with Crippen LogP contribution in [-0.2, 0) is 6.61 Å². The maximum atomic E-state index is 13.5. The highest BCUT2D eigenvalue weighted by atomic mass is 19.1. The number of aromatic nitrogens is 1. The minimum Gasteiger partial charge on any atom is -0.471 e. The van der Waals surface area contributed by atoms with E-state index in [0.29, 0.717) is 6.07 Å². The maximum absolute atomic E-state index is 13.5. The van der Waals surface area contributed by atoms with Crippen molar-refractivity contribution >= 4 is 0 Å². The highest BCUT2D eigenvalue weighted by Crippen LogP contribution is 2.17. The van der Waals surface area contributed by atoms with Crippen LogP contribution in [0.4, 0.5) is 13.2 Å². The van der Waals surface area contributed by atoms with Crippen LogP contribution in [0.2, 0.25) is 0 Å². The van der Waals surface area contributed by atoms with Crippen LogP contribution in [0.15, 0.2) is 24.3 Å². The summed E-state index contributed by atoms with van der Waals surface area (Å²) in [5.74, 6) is -3.06. The zero-order valence-electron chi connectivity index (χ0n) is 9.45. The smallest absolute Gasteiger partial charge is 0.251 e. The minimum atomic E-state index is -0.995. The summed E-state index contributed by atoms with van der Waals surface area (Å²) < 4.78 is 44.2. The van der Waals surface area contributed by atoms with E-state index in [4.69, 9.17) is 10.00 Å². The Morgan fingerprint density at radius 1 is 1.21 bits per heavy atom. The average molecular weight is 263 g/mol. The van der Waals surface area contributed by atoms with Crippen LogP contribution < -0.4 is 4.74 Å². The fourth-order valence-electron chi connectivity index (χ4n) is 1.34. The summed E-state index contributed by atoms with van der Waals surface area (Å²) in [6, 6.07) is 6.14. The largest absolute Gasteiger partial charge is 0.471 e. The number of hydrogen-bond acceptors (Lipinski definition) is 3. The second kappa shape index (κ2) is 5.40. The number of hydrogen-bond donors (Lipinski definition) is 0. The third-order valence-electron chi connectivity index (χ3n) is 2.27. The molecule has 2 rings (SSSR count). The summed E-state index contributed by atoms with van der Waals surface area (Å²) in [5.41, 5.74) is 0.296. The minimum absolute atomic E-state index is 0.129. The molecule has 0 spiro atoms. The number of pyridine rings is 1. The van der Waals surface area contributed by atoms with E-state index in [0.717, 1.165) is 6.07 Å². The van der Waals surface area contributed by atoms with Gasteiger partial charge >= 0.3 is 0 Å². The van der Waals surface area contributed by atoms with Crippen LogP contribution in [0.3, 0.4) is 0 Å². The molecule has 19 heavy (non-hydrogen) atoms. The van der Waals surface area contributed by atoms with Crippen molar-refractivity contribution in [3.05, 3.63) is 59.0 Å². The molecule has 6 heteroatoms. The van der Waals surface area contributed by atoms with Gasteiger partial charge in [0.05, 0.1) is 11.6 Å². The summed E-state index contributed by atoms with van der Waals surface area (Å²) >= 11 is 0. The van der Waals surface area contributed by atoms with Gasteiger partial charge in [0.2, 0.25) is 0 Å². The molecule has 2 aromatic rings. The van der Waals surface area contributed by atoms with Crippen molar-refractivity contribution in [2.75, 3.05) is 0 Å². The lowest BCUT2D eigenvalue weighted by atomic mass is 10.1. The van der Waals surface area contributed by atoms with Crippen LogP contribution in [0.5, 0.6) is 5.88 Å². The molecular weight excluding hydrogens is 257 g/mol. The second-order valence-corrected chi connectivity index (χ2v) is 3.58. The topological polar surface area (TPSA) is 45.9 Å². The lowest BCUT2D eigenvalue weighted by Crippen LogP contribution is -2.02. The van der Waals surface area contributed by atoms with Gasteiger partial charge in [-0.1, -0.05) is 6.07 Å². The van der Waals surface area contributed by atoms with Crippen molar-refractivity contribution in [3.63, 3.8) is 0 Å². The molecule has 0 unspecified atom stereocenters. The first kappa shape index (κ1) is 12.9. The Kier molecular flexibility index (Phi) is 3.66. The van der Waals surface area contributed by atoms with Crippen molar-refractivity contribution in [2.45, 2.75) is 6.61 Å². The quantitative estimate of drug-likeness (QED) is 0.855. The third-order valence-corrected chi connectivity index (χ3v) is 2.27. The molecule has 95 valence electrons. The lowest BCUT2D eigenvalue weighted by Gasteiger charge is -2.07. The predicted molar refractivity (Wildman–Crippen MR) is 58.4 cm³/mol. The van der Waals surface area contributed by atoms with E-state index >= 15 is 0 Å². The first-order valence-electron chi connectivity index (χ1n) is 5.15. The van der Waals surface area contributed by atoms with Crippen molar-refractivity contribution in [1.29, 1.82) is 5.26 Å². The Labute approximate surface area is 106 Å². The van der Waals surface area contributed by atoms with Gasteiger partial charge in [0.15, 0.2) is 11.6 Å². The Balaban J connectivity index is 2.13. The van der Waals surface area contributed by atoms with Gasteiger partial charge in [0.25, 0.3) is 5.88 Å². The standard InChI is InChI=1S/C13H6F3N2O/c14-10-4-12(16)13(18-6-10)19-7-9-2-1-8(5-17)3-11(9)15/h1-4H,7H2. The molecule has 1 heterocycles. The summed E-state index contributed by atoms with van der Waals surface area (Å²) in [7, 11) is 0. The zero-order valence-corrected chi connectivity index (χ0v) is 9.45. The summed E-state index contributed by atoms with van der Waals surface area (Å²) in [6.07, 6.45) is 1.89. The number of halogens is 3. The highest BCUT2D eigenvalue weighted by molar-refractivity contribution is 5.32. The van der Waals surface area contributed by atoms with Gasteiger partial charge in [0.1, 0.15) is 18.6 Å². The maximum Gasteiger partial charge on any atom is 0.251 e. The van der Waals surface area contributed by atoms with E-state index in [1.807, 2.05) is 6.20 Å². The fraction of sp³-hybridized carbons (Fsp3) is 0.0769. The van der Waals surface area contributed by atoms with E-state index in [-0.39, 0.29) is 17.7 Å². The molecule has 0 atom stereocenters. The summed E-state index contributed by atoms with van der Waals surface area (Å²) in [6.45, 7) is -0.291. The highest BCUT2D eigenvalue weighted by Gasteiger charge is 2.09. The van der Waals surface area contributed by atoms with Crippen molar-refractivity contribution in [1.82, 2.24) is 4.98 Å². The van der Waals surface area contributed by atoms with Crippen LogP contribution >= 0.6 is 0 Å². The normalized spacial score (nSPS) is 10.0. The van der Waals surface area contributed by atoms with Crippen molar-refractivity contribution in [3.8, 4) is 11.9 Å². The molecule has 0 fully saturated rings. The van der Waals surface area contributed by atoms with Crippen LogP contribution in [-0.4, -0.2) is 4.98 Å². The molecule has 1 aromatic heterocycles. The van der Waals surface area contributed by atoms with Gasteiger partial charge in [-0.3, -0.25) is 0 Å². The second-order valence-electron chi connectivity index (χ2n) is 3.58. The predicted octanol–water partition coefficient (Wildman–Crippen LogP) is 2.75. The number of rotatable bonds is 3. The third kappa shape index (κ3) is 3.01. The molecule has 0 aliphatic rings. The molecule has 0 aliphatic heterocycles. The van der Waals surface area contributed by atoms with Gasteiger partial charge in [0, 0.05) is 11.6 Å². The number of ether oxygens (including phenoxy) is 1. The summed E-state index contributed by atoms with van der Waals surface area (Å²) in [4.78, 5) is 3.28. The zero-order chi connectivity index (χ0) is 13.8.